The number of hydrogen-bond donors (Lipinski definition) is 1. The fourth-order valence-corrected chi connectivity index (χ4v) is 7.47. The summed E-state index contributed by atoms with van der Waals surface area (Å²) in [5, 5.41) is 0. The number of hydrogen-bond acceptors (Lipinski definition) is 6. The molecule has 1 N–H and O–H groups in total. The summed E-state index contributed by atoms with van der Waals surface area (Å²) in [5.41, 5.74) is 0.544. The first-order valence-electron chi connectivity index (χ1n) is 10.4. The van der Waals surface area contributed by atoms with Crippen molar-refractivity contribution in [1.29, 1.82) is 0 Å². The molecule has 5 atom stereocenters. The average Bonchev–Trinajstić information content (AvgIpc) is 3.43. The third-order valence-corrected chi connectivity index (χ3v) is 8.85. The SMILES string of the molecule is CN1CC[C@]23c4c5ccc(OS(=O)(=O)O)c4O[C@@]2(C)C(=O)C(C2CC2)C[C@H]3[C@H]1C5. The van der Waals surface area contributed by atoms with Crippen LogP contribution in [0.2, 0.25) is 0 Å². The normalized spacial score (nSPS) is 40.4. The van der Waals surface area contributed by atoms with E-state index in [1.54, 1.807) is 0 Å². The summed E-state index contributed by atoms with van der Waals surface area (Å²) in [7, 11) is -2.53. The monoisotopic (exact) mass is 419 g/mol. The van der Waals surface area contributed by atoms with E-state index in [0.29, 0.717) is 17.7 Å². The lowest BCUT2D eigenvalue weighted by atomic mass is 9.45. The van der Waals surface area contributed by atoms with E-state index in [9.17, 15) is 17.8 Å². The molecular weight excluding hydrogens is 394 g/mol. The molecule has 1 unspecified atom stereocenters. The van der Waals surface area contributed by atoms with Crippen molar-refractivity contribution in [2.24, 2.45) is 17.8 Å². The van der Waals surface area contributed by atoms with Gasteiger partial charge in [-0.1, -0.05) is 6.07 Å². The summed E-state index contributed by atoms with van der Waals surface area (Å²) in [6, 6.07) is 3.75. The second kappa shape index (κ2) is 5.34. The summed E-state index contributed by atoms with van der Waals surface area (Å²) in [5.74, 6) is 1.20. The Kier molecular flexibility index (Phi) is 3.34. The number of rotatable bonds is 3. The zero-order valence-corrected chi connectivity index (χ0v) is 17.4. The molecule has 2 saturated carbocycles. The number of ether oxygens (including phenoxy) is 1. The molecule has 8 heteroatoms. The molecule has 1 saturated heterocycles. The van der Waals surface area contributed by atoms with Crippen molar-refractivity contribution in [3.63, 3.8) is 0 Å². The number of carbonyl (C=O) groups is 1. The number of ketones is 1. The quantitative estimate of drug-likeness (QED) is 0.750. The maximum Gasteiger partial charge on any atom is 0.446 e. The number of piperidine rings is 1. The smallest absolute Gasteiger partial charge is 0.446 e. The van der Waals surface area contributed by atoms with Crippen LogP contribution < -0.4 is 8.92 Å². The van der Waals surface area contributed by atoms with Gasteiger partial charge in [-0.2, -0.15) is 8.42 Å². The lowest BCUT2D eigenvalue weighted by Crippen LogP contribution is -2.72. The summed E-state index contributed by atoms with van der Waals surface area (Å²) < 4.78 is 43.4. The summed E-state index contributed by atoms with van der Waals surface area (Å²) in [6.07, 6.45) is 4.71. The molecule has 5 aliphatic rings. The minimum absolute atomic E-state index is 0.00827. The summed E-state index contributed by atoms with van der Waals surface area (Å²) in [6.45, 7) is 2.77. The molecule has 2 bridgehead atoms. The Morgan fingerprint density at radius 1 is 1.31 bits per heavy atom. The second-order valence-electron chi connectivity index (χ2n) is 9.70. The Balaban J connectivity index is 1.60. The minimum Gasteiger partial charge on any atom is -0.475 e. The topological polar surface area (TPSA) is 93.1 Å². The highest BCUT2D eigenvalue weighted by Gasteiger charge is 2.74. The van der Waals surface area contributed by atoms with Gasteiger partial charge in [-0.15, -0.1) is 0 Å². The van der Waals surface area contributed by atoms with Gasteiger partial charge in [0.15, 0.2) is 22.9 Å². The van der Waals surface area contributed by atoms with Gasteiger partial charge in [0.2, 0.25) is 0 Å². The fraction of sp³-hybridized carbons (Fsp3) is 0.667. The number of nitrogens with zero attached hydrogens (tertiary/aromatic N) is 1. The number of Topliss-reactive ketones (excluding diaryl/α,β-unsaturated/α-hetero) is 1. The summed E-state index contributed by atoms with van der Waals surface area (Å²) >= 11 is 0. The predicted octanol–water partition coefficient (Wildman–Crippen LogP) is 2.13. The minimum atomic E-state index is -4.69. The van der Waals surface area contributed by atoms with Gasteiger partial charge in [0.05, 0.1) is 5.41 Å². The molecule has 156 valence electrons. The molecule has 6 rings (SSSR count). The summed E-state index contributed by atoms with van der Waals surface area (Å²) in [4.78, 5) is 16.2. The maximum absolute atomic E-state index is 13.8. The van der Waals surface area contributed by atoms with Gasteiger partial charge in [-0.3, -0.25) is 9.35 Å². The lowest BCUT2D eigenvalue weighted by molar-refractivity contribution is -0.162. The Bertz CT molecular complexity index is 1050. The highest BCUT2D eigenvalue weighted by Crippen LogP contribution is 2.68. The third kappa shape index (κ3) is 2.15. The van der Waals surface area contributed by atoms with Crippen LogP contribution in [0.3, 0.4) is 0 Å². The molecule has 2 heterocycles. The van der Waals surface area contributed by atoms with Crippen LogP contribution >= 0.6 is 0 Å². The van der Waals surface area contributed by atoms with Crippen LogP contribution in [0.1, 0.15) is 43.7 Å². The Labute approximate surface area is 170 Å². The number of benzene rings is 1. The molecule has 7 nitrogen and oxygen atoms in total. The van der Waals surface area contributed by atoms with Crippen molar-refractivity contribution < 1.29 is 26.7 Å². The molecule has 3 fully saturated rings. The molecule has 1 aromatic carbocycles. The third-order valence-electron chi connectivity index (χ3n) is 8.46. The van der Waals surface area contributed by atoms with E-state index >= 15 is 0 Å². The van der Waals surface area contributed by atoms with Crippen molar-refractivity contribution in [3.8, 4) is 11.5 Å². The van der Waals surface area contributed by atoms with E-state index < -0.39 is 21.4 Å². The zero-order chi connectivity index (χ0) is 20.3. The van der Waals surface area contributed by atoms with Crippen LogP contribution in [0.15, 0.2) is 12.1 Å². The Hall–Kier alpha value is -1.64. The van der Waals surface area contributed by atoms with Crippen LogP contribution in [-0.4, -0.2) is 48.9 Å². The average molecular weight is 419 g/mol. The van der Waals surface area contributed by atoms with Gasteiger partial charge < -0.3 is 13.8 Å². The molecular formula is C21H25NO6S. The van der Waals surface area contributed by atoms with E-state index in [1.807, 2.05) is 13.0 Å². The first kappa shape index (κ1) is 18.2. The van der Waals surface area contributed by atoms with Crippen LogP contribution in [0.4, 0.5) is 0 Å². The zero-order valence-electron chi connectivity index (χ0n) is 16.6. The molecule has 1 aromatic rings. The van der Waals surface area contributed by atoms with E-state index in [1.165, 1.54) is 6.07 Å². The molecule has 3 aliphatic carbocycles. The fourth-order valence-electron chi connectivity index (χ4n) is 7.11. The van der Waals surface area contributed by atoms with Crippen LogP contribution in [0.25, 0.3) is 0 Å². The van der Waals surface area contributed by atoms with E-state index in [0.717, 1.165) is 49.8 Å². The largest absolute Gasteiger partial charge is 0.475 e. The van der Waals surface area contributed by atoms with Crippen LogP contribution in [0, 0.1) is 17.8 Å². The van der Waals surface area contributed by atoms with E-state index in [2.05, 4.69) is 11.9 Å². The molecule has 0 aromatic heterocycles. The van der Waals surface area contributed by atoms with Gasteiger partial charge in [0, 0.05) is 17.5 Å². The predicted molar refractivity (Wildman–Crippen MR) is 103 cm³/mol. The highest BCUT2D eigenvalue weighted by molar-refractivity contribution is 7.81. The molecule has 2 aliphatic heterocycles. The van der Waals surface area contributed by atoms with Crippen molar-refractivity contribution in [1.82, 2.24) is 4.90 Å². The molecule has 0 radical (unpaired) electrons. The van der Waals surface area contributed by atoms with Gasteiger partial charge >= 0.3 is 10.4 Å². The van der Waals surface area contributed by atoms with E-state index in [4.69, 9.17) is 8.92 Å². The van der Waals surface area contributed by atoms with Gasteiger partial charge in [-0.05, 0) is 76.1 Å². The first-order valence-corrected chi connectivity index (χ1v) is 11.8. The highest BCUT2D eigenvalue weighted by atomic mass is 32.3. The van der Waals surface area contributed by atoms with Crippen molar-refractivity contribution >= 4 is 16.2 Å². The van der Waals surface area contributed by atoms with E-state index in [-0.39, 0.29) is 23.4 Å². The standard InChI is InChI=1S/C21H25NO6S/c1-20-19(23)13(11-3-4-11)10-14-15-9-12-5-6-16(28-29(24,25)26)18(27-20)17(12)21(14,20)7-8-22(15)2/h5-6,11,13-15H,3-4,7-10H2,1-2H3,(H,24,25,26)/t13?,14-,15+,20-,21-/m0/s1. The molecule has 1 spiro atoms. The van der Waals surface area contributed by atoms with Gasteiger partial charge in [0.1, 0.15) is 0 Å². The molecule has 29 heavy (non-hydrogen) atoms. The van der Waals surface area contributed by atoms with Crippen LogP contribution in [-0.2, 0) is 27.0 Å². The Morgan fingerprint density at radius 2 is 2.07 bits per heavy atom. The van der Waals surface area contributed by atoms with Crippen molar-refractivity contribution in [2.75, 3.05) is 13.6 Å². The number of carbonyl (C=O) groups excluding carboxylic acids is 1. The molecule has 0 amide bonds. The van der Waals surface area contributed by atoms with Crippen LogP contribution in [0.5, 0.6) is 11.5 Å². The lowest BCUT2D eigenvalue weighted by Gasteiger charge is -2.61. The van der Waals surface area contributed by atoms with Crippen molar-refractivity contribution in [3.05, 3.63) is 23.3 Å². The number of likely N-dealkylation sites (tertiary alicyclic amines) is 1. The maximum atomic E-state index is 13.8. The first-order chi connectivity index (χ1) is 13.7. The number of likely N-dealkylation sites (N-methyl/N-ethyl adjacent to an activating group) is 1. The van der Waals surface area contributed by atoms with Gasteiger partial charge in [0.25, 0.3) is 0 Å². The second-order valence-corrected chi connectivity index (χ2v) is 10.7. The van der Waals surface area contributed by atoms with Crippen molar-refractivity contribution in [2.45, 2.75) is 56.1 Å². The Morgan fingerprint density at radius 3 is 2.76 bits per heavy atom. The van der Waals surface area contributed by atoms with Gasteiger partial charge in [-0.25, -0.2) is 0 Å².